The van der Waals surface area contributed by atoms with Crippen LogP contribution in [0.25, 0.3) is 11.3 Å². The second kappa shape index (κ2) is 6.54. The van der Waals surface area contributed by atoms with Crippen LogP contribution in [0.4, 0.5) is 0 Å². The summed E-state index contributed by atoms with van der Waals surface area (Å²) in [6.07, 6.45) is 3.85. The van der Waals surface area contributed by atoms with Gasteiger partial charge in [0.05, 0.1) is 10.7 Å². The molecule has 7 heteroatoms. The highest BCUT2D eigenvalue weighted by Gasteiger charge is 2.12. The first-order valence-corrected chi connectivity index (χ1v) is 9.21. The summed E-state index contributed by atoms with van der Waals surface area (Å²) in [6.45, 7) is 4.04. The molecule has 0 aliphatic heterocycles. The van der Waals surface area contributed by atoms with Gasteiger partial charge >= 0.3 is 0 Å². The fourth-order valence-electron chi connectivity index (χ4n) is 2.65. The number of rotatable bonds is 4. The quantitative estimate of drug-likeness (QED) is 0.498. The van der Waals surface area contributed by atoms with Gasteiger partial charge in [-0.3, -0.25) is 4.57 Å². The number of aryl methyl sites for hydroxylation is 2. The first-order valence-electron chi connectivity index (χ1n) is 7.85. The van der Waals surface area contributed by atoms with Crippen molar-refractivity contribution in [1.29, 1.82) is 0 Å². The summed E-state index contributed by atoms with van der Waals surface area (Å²) in [6, 6.07) is 12.1. The highest BCUT2D eigenvalue weighted by atomic mass is 35.5. The van der Waals surface area contributed by atoms with E-state index in [-0.39, 0.29) is 0 Å². The van der Waals surface area contributed by atoms with Gasteiger partial charge in [0.25, 0.3) is 0 Å². The summed E-state index contributed by atoms with van der Waals surface area (Å²) in [5, 5.41) is 10.1. The molecule has 0 spiro atoms. The normalized spacial score (nSPS) is 11.3. The monoisotopic (exact) mass is 369 g/mol. The molecule has 126 valence electrons. The molecule has 1 aromatic carbocycles. The van der Waals surface area contributed by atoms with Crippen LogP contribution in [-0.2, 0) is 5.75 Å². The third-order valence-electron chi connectivity index (χ3n) is 3.90. The summed E-state index contributed by atoms with van der Waals surface area (Å²) in [5.74, 6) is 1.58. The summed E-state index contributed by atoms with van der Waals surface area (Å²) in [5.41, 5.74) is 4.16. The number of aromatic nitrogens is 5. The van der Waals surface area contributed by atoms with E-state index in [4.69, 9.17) is 11.6 Å². The SMILES string of the molecule is Cc1ccc(-n2c(C)nnc2SCc2cn3cc(Cl)ccc3n2)cc1. The fraction of sp³-hybridized carbons (Fsp3) is 0.167. The van der Waals surface area contributed by atoms with E-state index in [0.29, 0.717) is 10.8 Å². The molecule has 0 bridgehead atoms. The smallest absolute Gasteiger partial charge is 0.196 e. The van der Waals surface area contributed by atoms with Crippen LogP contribution in [0.15, 0.2) is 53.9 Å². The molecule has 0 saturated heterocycles. The van der Waals surface area contributed by atoms with E-state index in [9.17, 15) is 0 Å². The van der Waals surface area contributed by atoms with Gasteiger partial charge < -0.3 is 4.40 Å². The van der Waals surface area contributed by atoms with E-state index in [1.807, 2.05) is 35.9 Å². The lowest BCUT2D eigenvalue weighted by Gasteiger charge is -2.08. The van der Waals surface area contributed by atoms with Crippen LogP contribution in [0, 0.1) is 13.8 Å². The molecule has 0 radical (unpaired) electrons. The van der Waals surface area contributed by atoms with E-state index in [2.05, 4.69) is 50.9 Å². The summed E-state index contributed by atoms with van der Waals surface area (Å²) >= 11 is 7.65. The number of fused-ring (bicyclic) bond motifs is 1. The van der Waals surface area contributed by atoms with E-state index in [1.165, 1.54) is 5.56 Å². The molecule has 5 nitrogen and oxygen atoms in total. The zero-order valence-electron chi connectivity index (χ0n) is 13.8. The second-order valence-corrected chi connectivity index (χ2v) is 7.21. The van der Waals surface area contributed by atoms with Crippen molar-refractivity contribution in [2.45, 2.75) is 24.8 Å². The third-order valence-corrected chi connectivity index (χ3v) is 5.09. The van der Waals surface area contributed by atoms with Crippen LogP contribution in [-0.4, -0.2) is 24.1 Å². The Morgan fingerprint density at radius 3 is 2.60 bits per heavy atom. The van der Waals surface area contributed by atoms with Gasteiger partial charge in [-0.25, -0.2) is 4.98 Å². The van der Waals surface area contributed by atoms with Crippen LogP contribution >= 0.6 is 23.4 Å². The topological polar surface area (TPSA) is 48.0 Å². The van der Waals surface area contributed by atoms with Crippen LogP contribution in [0.3, 0.4) is 0 Å². The molecule has 0 aliphatic rings. The molecule has 3 heterocycles. The molecule has 3 aromatic heterocycles. The second-order valence-electron chi connectivity index (χ2n) is 5.83. The molecule has 0 aliphatic carbocycles. The Hall–Kier alpha value is -2.31. The van der Waals surface area contributed by atoms with Crippen LogP contribution < -0.4 is 0 Å². The fourth-order valence-corrected chi connectivity index (χ4v) is 3.70. The predicted molar refractivity (Wildman–Crippen MR) is 101 cm³/mol. The molecule has 0 unspecified atom stereocenters. The number of hydrogen-bond acceptors (Lipinski definition) is 4. The van der Waals surface area contributed by atoms with E-state index >= 15 is 0 Å². The summed E-state index contributed by atoms with van der Waals surface area (Å²) in [4.78, 5) is 4.62. The van der Waals surface area contributed by atoms with Gasteiger partial charge in [-0.2, -0.15) is 0 Å². The minimum Gasteiger partial charge on any atom is -0.305 e. The van der Waals surface area contributed by atoms with Crippen molar-refractivity contribution in [2.75, 3.05) is 0 Å². The van der Waals surface area contributed by atoms with Gasteiger partial charge in [0.15, 0.2) is 5.16 Å². The highest BCUT2D eigenvalue weighted by Crippen LogP contribution is 2.25. The van der Waals surface area contributed by atoms with Crippen LogP contribution in [0.1, 0.15) is 17.1 Å². The van der Waals surface area contributed by atoms with Crippen molar-refractivity contribution in [2.24, 2.45) is 0 Å². The minimum absolute atomic E-state index is 0.693. The lowest BCUT2D eigenvalue weighted by atomic mass is 10.2. The average molecular weight is 370 g/mol. The lowest BCUT2D eigenvalue weighted by molar-refractivity contribution is 0.867. The van der Waals surface area contributed by atoms with Gasteiger partial charge in [-0.05, 0) is 38.1 Å². The van der Waals surface area contributed by atoms with Gasteiger partial charge in [-0.15, -0.1) is 10.2 Å². The number of hydrogen-bond donors (Lipinski definition) is 0. The standard InChI is InChI=1S/C18H16ClN5S/c1-12-3-6-16(7-4-12)24-13(2)21-22-18(24)25-11-15-10-23-9-14(19)5-8-17(23)20-15/h3-10H,11H2,1-2H3. The largest absolute Gasteiger partial charge is 0.305 e. The first-order chi connectivity index (χ1) is 12.1. The number of nitrogens with zero attached hydrogens (tertiary/aromatic N) is 5. The Labute approximate surface area is 154 Å². The number of imidazole rings is 1. The Bertz CT molecular complexity index is 1040. The highest BCUT2D eigenvalue weighted by molar-refractivity contribution is 7.98. The maximum Gasteiger partial charge on any atom is 0.196 e. The molecular weight excluding hydrogens is 354 g/mol. The lowest BCUT2D eigenvalue weighted by Crippen LogP contribution is -1.99. The van der Waals surface area contributed by atoms with E-state index < -0.39 is 0 Å². The van der Waals surface area contributed by atoms with E-state index in [0.717, 1.165) is 28.0 Å². The number of thioether (sulfide) groups is 1. The average Bonchev–Trinajstić information content (AvgIpc) is 3.16. The summed E-state index contributed by atoms with van der Waals surface area (Å²) in [7, 11) is 0. The van der Waals surface area contributed by atoms with Gasteiger partial charge in [-0.1, -0.05) is 41.1 Å². The minimum atomic E-state index is 0.693. The van der Waals surface area contributed by atoms with Crippen LogP contribution in [0.2, 0.25) is 5.02 Å². The molecule has 0 amide bonds. The van der Waals surface area contributed by atoms with E-state index in [1.54, 1.807) is 11.8 Å². The first kappa shape index (κ1) is 16.2. The molecule has 4 rings (SSSR count). The van der Waals surface area contributed by atoms with Gasteiger partial charge in [0, 0.05) is 23.8 Å². The Kier molecular flexibility index (Phi) is 4.23. The number of benzene rings is 1. The third kappa shape index (κ3) is 3.27. The van der Waals surface area contributed by atoms with Crippen molar-refractivity contribution < 1.29 is 0 Å². The van der Waals surface area contributed by atoms with Gasteiger partial charge in [0.1, 0.15) is 11.5 Å². The molecule has 0 fully saturated rings. The molecule has 25 heavy (non-hydrogen) atoms. The molecule has 4 aromatic rings. The Morgan fingerprint density at radius 2 is 1.80 bits per heavy atom. The molecule has 0 N–H and O–H groups in total. The van der Waals surface area contributed by atoms with Crippen molar-refractivity contribution in [3.05, 3.63) is 70.9 Å². The predicted octanol–water partition coefficient (Wildman–Crippen LogP) is 4.48. The van der Waals surface area contributed by atoms with Crippen LogP contribution in [0.5, 0.6) is 0 Å². The maximum absolute atomic E-state index is 6.03. The Morgan fingerprint density at radius 1 is 1.00 bits per heavy atom. The molecule has 0 atom stereocenters. The molecule has 0 saturated carbocycles. The van der Waals surface area contributed by atoms with Crippen molar-refractivity contribution >= 4 is 29.0 Å². The molecular formula is C18H16ClN5S. The van der Waals surface area contributed by atoms with Crippen molar-refractivity contribution in [3.8, 4) is 5.69 Å². The van der Waals surface area contributed by atoms with Crippen molar-refractivity contribution in [1.82, 2.24) is 24.1 Å². The van der Waals surface area contributed by atoms with Gasteiger partial charge in [0.2, 0.25) is 0 Å². The maximum atomic E-state index is 6.03. The zero-order valence-corrected chi connectivity index (χ0v) is 15.4. The number of halogens is 1. The zero-order chi connectivity index (χ0) is 17.4. The summed E-state index contributed by atoms with van der Waals surface area (Å²) < 4.78 is 4.00. The van der Waals surface area contributed by atoms with Crippen molar-refractivity contribution in [3.63, 3.8) is 0 Å². The number of pyridine rings is 1. The Balaban J connectivity index is 1.59.